The highest BCUT2D eigenvalue weighted by molar-refractivity contribution is 5.90. The number of nitrogens with zero attached hydrogens (tertiary/aromatic N) is 2. The van der Waals surface area contributed by atoms with Gasteiger partial charge in [-0.05, 0) is 18.9 Å². The highest BCUT2D eigenvalue weighted by Gasteiger charge is 2.09. The zero-order chi connectivity index (χ0) is 14.4. The van der Waals surface area contributed by atoms with E-state index in [1.807, 2.05) is 25.1 Å². The average molecular weight is 272 g/mol. The van der Waals surface area contributed by atoms with Gasteiger partial charge in [0, 0.05) is 25.1 Å². The van der Waals surface area contributed by atoms with Crippen LogP contribution in [0.15, 0.2) is 42.6 Å². The summed E-state index contributed by atoms with van der Waals surface area (Å²) in [5.41, 5.74) is 6.86. The summed E-state index contributed by atoms with van der Waals surface area (Å²) in [5.74, 6) is 0.632. The van der Waals surface area contributed by atoms with Crippen molar-refractivity contribution >= 4 is 11.7 Å². The molecule has 5 nitrogen and oxygen atoms in total. The van der Waals surface area contributed by atoms with Crippen LogP contribution < -0.4 is 11.1 Å². The van der Waals surface area contributed by atoms with E-state index in [1.165, 1.54) is 5.56 Å². The van der Waals surface area contributed by atoms with Crippen molar-refractivity contribution < 1.29 is 4.79 Å². The van der Waals surface area contributed by atoms with E-state index >= 15 is 0 Å². The number of benzene rings is 1. The Balaban J connectivity index is 1.93. The van der Waals surface area contributed by atoms with Gasteiger partial charge in [-0.15, -0.1) is 0 Å². The molecule has 1 atom stereocenters. The van der Waals surface area contributed by atoms with Gasteiger partial charge in [-0.25, -0.2) is 4.68 Å². The average Bonchev–Trinajstić information content (AvgIpc) is 2.84. The Kier molecular flexibility index (Phi) is 4.90. The number of rotatable bonds is 6. The first-order valence-corrected chi connectivity index (χ1v) is 6.76. The molecule has 0 radical (unpaired) electrons. The quantitative estimate of drug-likeness (QED) is 0.842. The first-order valence-electron chi connectivity index (χ1n) is 6.76. The highest BCUT2D eigenvalue weighted by Crippen LogP contribution is 2.09. The SMILES string of the molecule is CC(N)CC(=O)Nc1ccnn1CCc1ccccc1. The topological polar surface area (TPSA) is 72.9 Å². The molecule has 1 heterocycles. The van der Waals surface area contributed by atoms with E-state index in [9.17, 15) is 4.79 Å². The van der Waals surface area contributed by atoms with E-state index in [1.54, 1.807) is 16.9 Å². The van der Waals surface area contributed by atoms with Crippen molar-refractivity contribution in [2.45, 2.75) is 32.4 Å². The first-order chi connectivity index (χ1) is 9.65. The number of anilines is 1. The van der Waals surface area contributed by atoms with Crippen molar-refractivity contribution in [2.75, 3.05) is 5.32 Å². The summed E-state index contributed by atoms with van der Waals surface area (Å²) < 4.78 is 1.80. The summed E-state index contributed by atoms with van der Waals surface area (Å²) >= 11 is 0. The third-order valence-corrected chi connectivity index (χ3v) is 2.95. The third-order valence-electron chi connectivity index (χ3n) is 2.95. The van der Waals surface area contributed by atoms with Crippen LogP contribution in [0.4, 0.5) is 5.82 Å². The molecule has 20 heavy (non-hydrogen) atoms. The van der Waals surface area contributed by atoms with Gasteiger partial charge in [-0.1, -0.05) is 30.3 Å². The molecule has 0 aliphatic rings. The van der Waals surface area contributed by atoms with Gasteiger partial charge < -0.3 is 11.1 Å². The molecule has 0 bridgehead atoms. The molecule has 0 aliphatic carbocycles. The lowest BCUT2D eigenvalue weighted by molar-refractivity contribution is -0.116. The van der Waals surface area contributed by atoms with Crippen LogP contribution in [0.1, 0.15) is 18.9 Å². The largest absolute Gasteiger partial charge is 0.327 e. The normalized spacial score (nSPS) is 12.1. The number of hydrogen-bond donors (Lipinski definition) is 2. The molecule has 1 amide bonds. The molecule has 0 saturated heterocycles. The highest BCUT2D eigenvalue weighted by atomic mass is 16.1. The monoisotopic (exact) mass is 272 g/mol. The maximum Gasteiger partial charge on any atom is 0.227 e. The van der Waals surface area contributed by atoms with Crippen LogP contribution in [0.5, 0.6) is 0 Å². The van der Waals surface area contributed by atoms with Crippen LogP contribution >= 0.6 is 0 Å². The van der Waals surface area contributed by atoms with Gasteiger partial charge in [-0.3, -0.25) is 4.79 Å². The smallest absolute Gasteiger partial charge is 0.227 e. The number of nitrogens with two attached hydrogens (primary N) is 1. The molecule has 3 N–H and O–H groups in total. The van der Waals surface area contributed by atoms with Gasteiger partial charge in [0.25, 0.3) is 0 Å². The number of carbonyl (C=O) groups excluding carboxylic acids is 1. The molecule has 0 saturated carbocycles. The summed E-state index contributed by atoms with van der Waals surface area (Å²) in [4.78, 5) is 11.7. The van der Waals surface area contributed by atoms with Crippen LogP contribution in [-0.4, -0.2) is 21.7 Å². The number of aryl methyl sites for hydroxylation is 2. The molecule has 5 heteroatoms. The van der Waals surface area contributed by atoms with Crippen LogP contribution in [0.2, 0.25) is 0 Å². The maximum atomic E-state index is 11.7. The van der Waals surface area contributed by atoms with Crippen LogP contribution in [-0.2, 0) is 17.8 Å². The van der Waals surface area contributed by atoms with Crippen molar-refractivity contribution in [1.82, 2.24) is 9.78 Å². The van der Waals surface area contributed by atoms with Crippen LogP contribution in [0, 0.1) is 0 Å². The fraction of sp³-hybridized carbons (Fsp3) is 0.333. The second kappa shape index (κ2) is 6.86. The Hall–Kier alpha value is -2.14. The Morgan fingerprint density at radius 1 is 1.35 bits per heavy atom. The Labute approximate surface area is 118 Å². The minimum atomic E-state index is -0.143. The zero-order valence-electron chi connectivity index (χ0n) is 11.6. The molecular formula is C15H20N4O. The lowest BCUT2D eigenvalue weighted by Gasteiger charge is -2.10. The van der Waals surface area contributed by atoms with Gasteiger partial charge in [0.1, 0.15) is 5.82 Å². The van der Waals surface area contributed by atoms with E-state index in [0.29, 0.717) is 12.2 Å². The summed E-state index contributed by atoms with van der Waals surface area (Å²) in [7, 11) is 0. The number of aromatic nitrogens is 2. The van der Waals surface area contributed by atoms with Gasteiger partial charge in [0.15, 0.2) is 0 Å². The predicted molar refractivity (Wildman–Crippen MR) is 79.3 cm³/mol. The summed E-state index contributed by atoms with van der Waals surface area (Å²) in [6.45, 7) is 2.54. The molecule has 106 valence electrons. The lowest BCUT2D eigenvalue weighted by atomic mass is 10.1. The molecule has 2 aromatic rings. The standard InChI is InChI=1S/C15H20N4O/c1-12(16)11-15(20)18-14-7-9-17-19(14)10-8-13-5-3-2-4-6-13/h2-7,9,12H,8,10-11,16H2,1H3,(H,18,20). The van der Waals surface area contributed by atoms with Crippen molar-refractivity contribution in [2.24, 2.45) is 5.73 Å². The number of carbonyl (C=O) groups is 1. The molecule has 2 rings (SSSR count). The molecule has 0 aliphatic heterocycles. The lowest BCUT2D eigenvalue weighted by Crippen LogP contribution is -2.25. The van der Waals surface area contributed by atoms with Crippen molar-refractivity contribution in [1.29, 1.82) is 0 Å². The summed E-state index contributed by atoms with van der Waals surface area (Å²) in [6.07, 6.45) is 2.87. The minimum absolute atomic E-state index is 0.0820. The van der Waals surface area contributed by atoms with Gasteiger partial charge in [-0.2, -0.15) is 5.10 Å². The van der Waals surface area contributed by atoms with Crippen molar-refractivity contribution in [3.63, 3.8) is 0 Å². The minimum Gasteiger partial charge on any atom is -0.327 e. The molecule has 0 fully saturated rings. The van der Waals surface area contributed by atoms with E-state index in [0.717, 1.165) is 13.0 Å². The first kappa shape index (κ1) is 14.3. The summed E-state index contributed by atoms with van der Waals surface area (Å²) in [6, 6.07) is 11.8. The molecule has 1 aromatic carbocycles. The van der Waals surface area contributed by atoms with Gasteiger partial charge >= 0.3 is 0 Å². The van der Waals surface area contributed by atoms with Gasteiger partial charge in [0.05, 0.1) is 6.20 Å². The summed E-state index contributed by atoms with van der Waals surface area (Å²) in [5, 5.41) is 7.07. The molecule has 1 unspecified atom stereocenters. The fourth-order valence-corrected chi connectivity index (χ4v) is 1.98. The number of hydrogen-bond acceptors (Lipinski definition) is 3. The molecule has 1 aromatic heterocycles. The fourth-order valence-electron chi connectivity index (χ4n) is 1.98. The third kappa shape index (κ3) is 4.20. The molecule has 0 spiro atoms. The van der Waals surface area contributed by atoms with Crippen molar-refractivity contribution in [3.8, 4) is 0 Å². The second-order valence-electron chi connectivity index (χ2n) is 4.90. The van der Waals surface area contributed by atoms with E-state index in [2.05, 4.69) is 22.5 Å². The van der Waals surface area contributed by atoms with Crippen molar-refractivity contribution in [3.05, 3.63) is 48.2 Å². The number of amides is 1. The second-order valence-corrected chi connectivity index (χ2v) is 4.90. The van der Waals surface area contributed by atoms with Crippen LogP contribution in [0.25, 0.3) is 0 Å². The van der Waals surface area contributed by atoms with Gasteiger partial charge in [0.2, 0.25) is 5.91 Å². The Morgan fingerprint density at radius 3 is 2.80 bits per heavy atom. The molecular weight excluding hydrogens is 252 g/mol. The maximum absolute atomic E-state index is 11.7. The van der Waals surface area contributed by atoms with E-state index in [4.69, 9.17) is 5.73 Å². The Morgan fingerprint density at radius 2 is 2.10 bits per heavy atom. The zero-order valence-corrected chi connectivity index (χ0v) is 11.6. The van der Waals surface area contributed by atoms with E-state index in [-0.39, 0.29) is 11.9 Å². The van der Waals surface area contributed by atoms with Crippen LogP contribution in [0.3, 0.4) is 0 Å². The predicted octanol–water partition coefficient (Wildman–Crippen LogP) is 1.80. The van der Waals surface area contributed by atoms with E-state index < -0.39 is 0 Å². The Bertz CT molecular complexity index is 548. The number of nitrogens with one attached hydrogen (secondary N) is 1.